The molecule has 3 unspecified atom stereocenters. The normalized spacial score (nSPS) is 23.4. The number of rotatable bonds is 6. The summed E-state index contributed by atoms with van der Waals surface area (Å²) in [7, 11) is 0. The van der Waals surface area contributed by atoms with Gasteiger partial charge in [0.05, 0.1) is 6.61 Å². The zero-order chi connectivity index (χ0) is 13.0. The molecule has 98 valence electrons. The smallest absolute Gasteiger partial charge is 0.327 e. The molecule has 3 atom stereocenters. The van der Waals surface area contributed by atoms with E-state index in [0.29, 0.717) is 18.6 Å². The maximum Gasteiger partial charge on any atom is 0.327 e. The van der Waals surface area contributed by atoms with Gasteiger partial charge in [-0.15, -0.1) is 0 Å². The van der Waals surface area contributed by atoms with Crippen LogP contribution in [0.15, 0.2) is 30.3 Å². The third-order valence-electron chi connectivity index (χ3n) is 3.48. The van der Waals surface area contributed by atoms with Crippen LogP contribution in [0.5, 0.6) is 0 Å². The van der Waals surface area contributed by atoms with Gasteiger partial charge in [0.25, 0.3) is 0 Å². The zero-order valence-electron chi connectivity index (χ0n) is 11.1. The van der Waals surface area contributed by atoms with Gasteiger partial charge in [0.15, 0.2) is 0 Å². The largest absolute Gasteiger partial charge is 0.465 e. The molecule has 1 fully saturated rings. The fourth-order valence-electron chi connectivity index (χ4n) is 2.29. The van der Waals surface area contributed by atoms with E-state index in [1.54, 1.807) is 0 Å². The summed E-state index contributed by atoms with van der Waals surface area (Å²) in [5, 5.41) is 3.42. The molecule has 18 heavy (non-hydrogen) atoms. The molecule has 1 aliphatic rings. The van der Waals surface area contributed by atoms with Crippen molar-refractivity contribution in [2.45, 2.75) is 38.8 Å². The molecule has 2 rings (SSSR count). The van der Waals surface area contributed by atoms with Crippen LogP contribution < -0.4 is 5.32 Å². The Morgan fingerprint density at radius 3 is 2.67 bits per heavy atom. The summed E-state index contributed by atoms with van der Waals surface area (Å²) in [5.74, 6) is 0.538. The summed E-state index contributed by atoms with van der Waals surface area (Å²) in [6, 6.07) is 9.94. The number of esters is 1. The Kier molecular flexibility index (Phi) is 4.37. The van der Waals surface area contributed by atoms with Gasteiger partial charge in [-0.1, -0.05) is 43.7 Å². The first-order chi connectivity index (χ1) is 8.76. The van der Waals surface area contributed by atoms with E-state index >= 15 is 0 Å². The maximum absolute atomic E-state index is 12.0. The molecule has 1 saturated carbocycles. The lowest BCUT2D eigenvalue weighted by Crippen LogP contribution is -2.32. The third-order valence-corrected chi connectivity index (χ3v) is 3.48. The van der Waals surface area contributed by atoms with Crippen LogP contribution in [0.4, 0.5) is 0 Å². The molecular formula is C15H21NO2. The number of nitrogens with one attached hydrogen (secondary N) is 1. The molecule has 1 aromatic rings. The van der Waals surface area contributed by atoms with Crippen LogP contribution in [0.3, 0.4) is 0 Å². The SMILES string of the molecule is CCOC(=O)C(NC1CC1CC)c1ccccc1. The van der Waals surface area contributed by atoms with Gasteiger partial charge < -0.3 is 4.74 Å². The quantitative estimate of drug-likeness (QED) is 0.785. The van der Waals surface area contributed by atoms with Gasteiger partial charge in [-0.2, -0.15) is 0 Å². The van der Waals surface area contributed by atoms with Gasteiger partial charge in [-0.05, 0) is 24.8 Å². The van der Waals surface area contributed by atoms with E-state index in [4.69, 9.17) is 4.74 Å². The average Bonchev–Trinajstić information content (AvgIpc) is 3.15. The predicted octanol–water partition coefficient (Wildman–Crippen LogP) is 2.68. The highest BCUT2D eigenvalue weighted by Crippen LogP contribution is 2.35. The molecular weight excluding hydrogens is 226 g/mol. The summed E-state index contributed by atoms with van der Waals surface area (Å²) in [6.45, 7) is 4.45. The number of benzene rings is 1. The lowest BCUT2D eigenvalue weighted by molar-refractivity contribution is -0.146. The van der Waals surface area contributed by atoms with E-state index in [2.05, 4.69) is 12.2 Å². The molecule has 0 bridgehead atoms. The van der Waals surface area contributed by atoms with Crippen molar-refractivity contribution in [3.63, 3.8) is 0 Å². The Hall–Kier alpha value is -1.35. The van der Waals surface area contributed by atoms with Gasteiger partial charge in [0.2, 0.25) is 0 Å². The van der Waals surface area contributed by atoms with E-state index in [1.165, 1.54) is 12.8 Å². The first-order valence-electron chi connectivity index (χ1n) is 6.73. The second-order valence-electron chi connectivity index (χ2n) is 4.77. The van der Waals surface area contributed by atoms with E-state index in [1.807, 2.05) is 37.3 Å². The van der Waals surface area contributed by atoms with Crippen molar-refractivity contribution in [1.29, 1.82) is 0 Å². The Morgan fingerprint density at radius 2 is 2.11 bits per heavy atom. The van der Waals surface area contributed by atoms with Crippen LogP contribution in [0.25, 0.3) is 0 Å². The first-order valence-corrected chi connectivity index (χ1v) is 6.73. The molecule has 1 aromatic carbocycles. The second kappa shape index (κ2) is 6.01. The van der Waals surface area contributed by atoms with Crippen LogP contribution in [-0.2, 0) is 9.53 Å². The van der Waals surface area contributed by atoms with Crippen molar-refractivity contribution >= 4 is 5.97 Å². The second-order valence-corrected chi connectivity index (χ2v) is 4.77. The van der Waals surface area contributed by atoms with Crippen LogP contribution >= 0.6 is 0 Å². The fourth-order valence-corrected chi connectivity index (χ4v) is 2.29. The van der Waals surface area contributed by atoms with Crippen molar-refractivity contribution in [1.82, 2.24) is 5.32 Å². The molecule has 0 saturated heterocycles. The van der Waals surface area contributed by atoms with Gasteiger partial charge in [-0.3, -0.25) is 5.32 Å². The van der Waals surface area contributed by atoms with E-state index in [0.717, 1.165) is 5.56 Å². The highest BCUT2D eigenvalue weighted by molar-refractivity contribution is 5.77. The summed E-state index contributed by atoms with van der Waals surface area (Å²) in [5.41, 5.74) is 0.984. The van der Waals surface area contributed by atoms with E-state index in [9.17, 15) is 4.79 Å². The maximum atomic E-state index is 12.0. The molecule has 0 heterocycles. The lowest BCUT2D eigenvalue weighted by atomic mass is 10.1. The summed E-state index contributed by atoms with van der Waals surface area (Å²) < 4.78 is 5.15. The lowest BCUT2D eigenvalue weighted by Gasteiger charge is -2.17. The monoisotopic (exact) mass is 247 g/mol. The van der Waals surface area contributed by atoms with Gasteiger partial charge in [0.1, 0.15) is 6.04 Å². The minimum absolute atomic E-state index is 0.176. The minimum atomic E-state index is -0.326. The standard InChI is InChI=1S/C15H21NO2/c1-3-11-10-13(11)16-14(15(17)18-4-2)12-8-6-5-7-9-12/h5-9,11,13-14,16H,3-4,10H2,1-2H3. The summed E-state index contributed by atoms with van der Waals surface area (Å²) in [4.78, 5) is 12.0. The molecule has 3 nitrogen and oxygen atoms in total. The molecule has 1 N–H and O–H groups in total. The number of hydrogen-bond acceptors (Lipinski definition) is 3. The van der Waals surface area contributed by atoms with Crippen molar-refractivity contribution in [3.8, 4) is 0 Å². The van der Waals surface area contributed by atoms with E-state index < -0.39 is 0 Å². The summed E-state index contributed by atoms with van der Waals surface area (Å²) in [6.07, 6.45) is 2.33. The molecule has 1 aliphatic carbocycles. The van der Waals surface area contributed by atoms with Crippen molar-refractivity contribution in [2.75, 3.05) is 6.61 Å². The van der Waals surface area contributed by atoms with Gasteiger partial charge in [0, 0.05) is 6.04 Å². The van der Waals surface area contributed by atoms with E-state index in [-0.39, 0.29) is 12.0 Å². The number of ether oxygens (including phenoxy) is 1. The Labute approximate surface area is 109 Å². The number of carbonyl (C=O) groups is 1. The van der Waals surface area contributed by atoms with Gasteiger partial charge in [-0.25, -0.2) is 4.79 Å². The first kappa shape index (κ1) is 13.1. The molecule has 0 radical (unpaired) electrons. The zero-order valence-corrected chi connectivity index (χ0v) is 11.1. The third kappa shape index (κ3) is 3.10. The minimum Gasteiger partial charge on any atom is -0.465 e. The van der Waals surface area contributed by atoms with Crippen LogP contribution in [-0.4, -0.2) is 18.6 Å². The molecule has 0 amide bonds. The molecule has 0 aromatic heterocycles. The average molecular weight is 247 g/mol. The molecule has 3 heteroatoms. The van der Waals surface area contributed by atoms with Gasteiger partial charge >= 0.3 is 5.97 Å². The highest BCUT2D eigenvalue weighted by Gasteiger charge is 2.38. The van der Waals surface area contributed by atoms with Crippen molar-refractivity contribution in [2.24, 2.45) is 5.92 Å². The predicted molar refractivity (Wildman–Crippen MR) is 71.1 cm³/mol. The molecule has 0 spiro atoms. The number of hydrogen-bond donors (Lipinski definition) is 1. The number of carbonyl (C=O) groups excluding carboxylic acids is 1. The Bertz CT molecular complexity index is 391. The highest BCUT2D eigenvalue weighted by atomic mass is 16.5. The fraction of sp³-hybridized carbons (Fsp3) is 0.533. The van der Waals surface area contributed by atoms with Crippen molar-refractivity contribution < 1.29 is 9.53 Å². The van der Waals surface area contributed by atoms with Crippen LogP contribution in [0.1, 0.15) is 38.3 Å². The molecule has 0 aliphatic heterocycles. The Morgan fingerprint density at radius 1 is 1.39 bits per heavy atom. The van der Waals surface area contributed by atoms with Crippen LogP contribution in [0.2, 0.25) is 0 Å². The van der Waals surface area contributed by atoms with Crippen LogP contribution in [0, 0.1) is 5.92 Å². The topological polar surface area (TPSA) is 38.3 Å². The summed E-state index contributed by atoms with van der Waals surface area (Å²) >= 11 is 0. The van der Waals surface area contributed by atoms with Crippen molar-refractivity contribution in [3.05, 3.63) is 35.9 Å². The Balaban J connectivity index is 2.06.